The Hall–Kier alpha value is -0.200. The van der Waals surface area contributed by atoms with Crippen LogP contribution in [0.5, 0.6) is 0 Å². The number of hydrogen-bond donors (Lipinski definition) is 4. The quantitative estimate of drug-likeness (QED) is 0.343. The Morgan fingerprint density at radius 1 is 1.18 bits per heavy atom. The van der Waals surface area contributed by atoms with Crippen molar-refractivity contribution in [2.75, 3.05) is 13.2 Å². The molecule has 1 aliphatic heterocycles. The summed E-state index contributed by atoms with van der Waals surface area (Å²) in [6, 6.07) is 0. The molecule has 1 fully saturated rings. The van der Waals surface area contributed by atoms with E-state index in [1.54, 1.807) is 0 Å². The summed E-state index contributed by atoms with van der Waals surface area (Å²) < 4.78 is 4.81. The highest BCUT2D eigenvalue weighted by molar-refractivity contribution is 4.85. The van der Waals surface area contributed by atoms with E-state index in [4.69, 9.17) is 25.2 Å². The van der Waals surface area contributed by atoms with Gasteiger partial charge in [-0.15, -0.1) is 0 Å². The fourth-order valence-electron chi connectivity index (χ4n) is 1.03. The van der Waals surface area contributed by atoms with Crippen molar-refractivity contribution in [3.05, 3.63) is 0 Å². The van der Waals surface area contributed by atoms with Gasteiger partial charge in [-0.25, -0.2) is 0 Å². The maximum atomic E-state index is 9.11. The summed E-state index contributed by atoms with van der Waals surface area (Å²) in [5.74, 6) is 0. The Balaban J connectivity index is 2.52. The molecule has 0 aromatic carbocycles. The van der Waals surface area contributed by atoms with E-state index < -0.39 is 24.4 Å². The topological polar surface area (TPSA) is 90.2 Å². The molecule has 0 aliphatic carbocycles. The Bertz CT molecular complexity index is 126. The summed E-state index contributed by atoms with van der Waals surface area (Å²) in [5, 5.41) is 35.7. The third kappa shape index (κ3) is 1.69. The summed E-state index contributed by atoms with van der Waals surface area (Å²) >= 11 is 0. The van der Waals surface area contributed by atoms with E-state index in [0.29, 0.717) is 0 Å². The van der Waals surface area contributed by atoms with Gasteiger partial charge in [0.15, 0.2) is 0 Å². The standard InChI is InChI=1S/C6H12O5/c7-1-4-6(10)5(9)3(8)2-11-4/h3-10H,1-2H2/t3-,4?,5-,6+/m0/s1. The predicted octanol–water partition coefficient (Wildman–Crippen LogP) is -2.54. The van der Waals surface area contributed by atoms with Gasteiger partial charge in [-0.3, -0.25) is 0 Å². The van der Waals surface area contributed by atoms with Crippen LogP contribution in [0, 0.1) is 0 Å². The molecule has 0 bridgehead atoms. The Labute approximate surface area is 63.8 Å². The molecule has 5 heteroatoms. The fourth-order valence-corrected chi connectivity index (χ4v) is 1.03. The molecule has 0 radical (unpaired) electrons. The maximum Gasteiger partial charge on any atom is 0.111 e. The minimum atomic E-state index is -1.22. The summed E-state index contributed by atoms with van der Waals surface area (Å²) in [5.41, 5.74) is 0. The average molecular weight is 164 g/mol. The molecule has 4 atom stereocenters. The molecule has 0 spiro atoms. The number of hydrogen-bond acceptors (Lipinski definition) is 5. The monoisotopic (exact) mass is 164 g/mol. The van der Waals surface area contributed by atoms with E-state index in [0.717, 1.165) is 0 Å². The highest BCUT2D eigenvalue weighted by atomic mass is 16.5. The van der Waals surface area contributed by atoms with Gasteiger partial charge in [0.1, 0.15) is 24.4 Å². The van der Waals surface area contributed by atoms with E-state index in [-0.39, 0.29) is 13.2 Å². The Morgan fingerprint density at radius 2 is 1.82 bits per heavy atom. The SMILES string of the molecule is OCC1OC[C@H](O)[C@H](O)[C@@H]1O. The number of aliphatic hydroxyl groups is 4. The minimum absolute atomic E-state index is 0.0521. The molecule has 0 amide bonds. The van der Waals surface area contributed by atoms with Gasteiger partial charge in [0.25, 0.3) is 0 Å². The van der Waals surface area contributed by atoms with Crippen LogP contribution < -0.4 is 0 Å². The molecular weight excluding hydrogens is 152 g/mol. The Morgan fingerprint density at radius 3 is 2.36 bits per heavy atom. The molecule has 0 aromatic rings. The second-order valence-electron chi connectivity index (χ2n) is 2.60. The zero-order valence-corrected chi connectivity index (χ0v) is 5.92. The van der Waals surface area contributed by atoms with Crippen LogP contribution in [0.1, 0.15) is 0 Å². The van der Waals surface area contributed by atoms with Crippen LogP contribution in [0.15, 0.2) is 0 Å². The summed E-state index contributed by atoms with van der Waals surface area (Å²) in [7, 11) is 0. The van der Waals surface area contributed by atoms with E-state index in [2.05, 4.69) is 0 Å². The molecule has 0 saturated carbocycles. The first kappa shape index (κ1) is 8.89. The zero-order valence-electron chi connectivity index (χ0n) is 5.92. The number of rotatable bonds is 1. The molecular formula is C6H12O5. The van der Waals surface area contributed by atoms with Crippen LogP contribution in [0.2, 0.25) is 0 Å². The van der Waals surface area contributed by atoms with Crippen molar-refractivity contribution in [3.63, 3.8) is 0 Å². The largest absolute Gasteiger partial charge is 0.394 e. The molecule has 11 heavy (non-hydrogen) atoms. The summed E-state index contributed by atoms with van der Waals surface area (Å²) in [6.45, 7) is -0.408. The van der Waals surface area contributed by atoms with Crippen LogP contribution in [0.3, 0.4) is 0 Å². The molecule has 5 nitrogen and oxygen atoms in total. The molecule has 1 heterocycles. The normalized spacial score (nSPS) is 45.8. The van der Waals surface area contributed by atoms with Gasteiger partial charge in [0, 0.05) is 0 Å². The fraction of sp³-hybridized carbons (Fsp3) is 1.00. The summed E-state index contributed by atoms with van der Waals surface area (Å²) in [6.07, 6.45) is -4.27. The van der Waals surface area contributed by atoms with E-state index >= 15 is 0 Å². The van der Waals surface area contributed by atoms with Gasteiger partial charge in [-0.1, -0.05) is 0 Å². The van der Waals surface area contributed by atoms with Crippen LogP contribution >= 0.6 is 0 Å². The first-order valence-corrected chi connectivity index (χ1v) is 3.43. The lowest BCUT2D eigenvalue weighted by atomic mass is 10.0. The van der Waals surface area contributed by atoms with Crippen LogP contribution in [0.25, 0.3) is 0 Å². The van der Waals surface area contributed by atoms with E-state index in [1.165, 1.54) is 0 Å². The van der Waals surface area contributed by atoms with E-state index in [9.17, 15) is 0 Å². The van der Waals surface area contributed by atoms with Gasteiger partial charge in [0.05, 0.1) is 13.2 Å². The highest BCUT2D eigenvalue weighted by Crippen LogP contribution is 2.14. The third-order valence-electron chi connectivity index (χ3n) is 1.79. The number of ether oxygens (including phenoxy) is 1. The average Bonchev–Trinajstić information content (AvgIpc) is 2.01. The second-order valence-corrected chi connectivity index (χ2v) is 2.60. The van der Waals surface area contributed by atoms with Crippen LogP contribution in [0.4, 0.5) is 0 Å². The highest BCUT2D eigenvalue weighted by Gasteiger charge is 2.36. The molecule has 4 N–H and O–H groups in total. The zero-order chi connectivity index (χ0) is 8.43. The smallest absolute Gasteiger partial charge is 0.111 e. The predicted molar refractivity (Wildman–Crippen MR) is 34.8 cm³/mol. The molecule has 1 saturated heterocycles. The van der Waals surface area contributed by atoms with Gasteiger partial charge in [0.2, 0.25) is 0 Å². The van der Waals surface area contributed by atoms with Crippen molar-refractivity contribution < 1.29 is 25.2 Å². The molecule has 1 aliphatic rings. The lowest BCUT2D eigenvalue weighted by molar-refractivity contribution is -0.195. The molecule has 1 rings (SSSR count). The van der Waals surface area contributed by atoms with Crippen LogP contribution in [-0.4, -0.2) is 58.1 Å². The first-order valence-electron chi connectivity index (χ1n) is 3.43. The molecule has 66 valence electrons. The second kappa shape index (κ2) is 3.46. The molecule has 0 aromatic heterocycles. The van der Waals surface area contributed by atoms with E-state index in [1.807, 2.05) is 0 Å². The minimum Gasteiger partial charge on any atom is -0.394 e. The van der Waals surface area contributed by atoms with Crippen molar-refractivity contribution in [2.45, 2.75) is 24.4 Å². The maximum absolute atomic E-state index is 9.11. The van der Waals surface area contributed by atoms with Crippen molar-refractivity contribution >= 4 is 0 Å². The molecule has 1 unspecified atom stereocenters. The van der Waals surface area contributed by atoms with Crippen LogP contribution in [-0.2, 0) is 4.74 Å². The van der Waals surface area contributed by atoms with Gasteiger partial charge < -0.3 is 25.2 Å². The van der Waals surface area contributed by atoms with Gasteiger partial charge in [-0.05, 0) is 0 Å². The van der Waals surface area contributed by atoms with Crippen molar-refractivity contribution in [2.24, 2.45) is 0 Å². The third-order valence-corrected chi connectivity index (χ3v) is 1.79. The first-order chi connectivity index (χ1) is 5.16. The van der Waals surface area contributed by atoms with Crippen molar-refractivity contribution in [1.29, 1.82) is 0 Å². The van der Waals surface area contributed by atoms with Crippen molar-refractivity contribution in [1.82, 2.24) is 0 Å². The lowest BCUT2D eigenvalue weighted by Gasteiger charge is -2.34. The van der Waals surface area contributed by atoms with Gasteiger partial charge in [-0.2, -0.15) is 0 Å². The summed E-state index contributed by atoms with van der Waals surface area (Å²) in [4.78, 5) is 0. The number of aliphatic hydroxyl groups excluding tert-OH is 4. The van der Waals surface area contributed by atoms with Gasteiger partial charge >= 0.3 is 0 Å². The van der Waals surface area contributed by atoms with Crippen molar-refractivity contribution in [3.8, 4) is 0 Å². The lowest BCUT2D eigenvalue weighted by Crippen LogP contribution is -2.53. The Kier molecular flexibility index (Phi) is 2.80.